The van der Waals surface area contributed by atoms with Crippen molar-refractivity contribution in [3.63, 3.8) is 0 Å². The molecule has 0 bridgehead atoms. The van der Waals surface area contributed by atoms with E-state index in [4.69, 9.17) is 4.74 Å². The highest BCUT2D eigenvalue weighted by Gasteiger charge is 2.18. The van der Waals surface area contributed by atoms with Crippen LogP contribution in [0.4, 0.5) is 4.39 Å². The number of thiophene rings is 1. The maximum Gasteiger partial charge on any atom is 0.165 e. The third-order valence-corrected chi connectivity index (χ3v) is 4.62. The Morgan fingerprint density at radius 1 is 1.42 bits per heavy atom. The molecule has 1 aromatic carbocycles. The molecule has 5 heteroatoms. The SMILES string of the molecule is CCNC(c1ccc(OC)c(F)c1)c1cscc1Br. The minimum atomic E-state index is -0.339. The van der Waals surface area contributed by atoms with E-state index in [0.717, 1.165) is 22.1 Å². The molecule has 2 nitrogen and oxygen atoms in total. The Bertz CT molecular complexity index is 558. The van der Waals surface area contributed by atoms with Crippen molar-refractivity contribution < 1.29 is 9.13 Å². The van der Waals surface area contributed by atoms with Gasteiger partial charge in [0.15, 0.2) is 11.6 Å². The molecular weight excluding hydrogens is 329 g/mol. The highest BCUT2D eigenvalue weighted by molar-refractivity contribution is 9.10. The molecule has 0 spiro atoms. The second kappa shape index (κ2) is 6.50. The molecule has 102 valence electrons. The number of ether oxygens (including phenoxy) is 1. The van der Waals surface area contributed by atoms with Crippen LogP contribution in [0.2, 0.25) is 0 Å². The summed E-state index contributed by atoms with van der Waals surface area (Å²) in [5, 5.41) is 7.47. The van der Waals surface area contributed by atoms with Crippen molar-refractivity contribution in [1.29, 1.82) is 0 Å². The lowest BCUT2D eigenvalue weighted by Gasteiger charge is -2.19. The van der Waals surface area contributed by atoms with E-state index in [9.17, 15) is 4.39 Å². The number of hydrogen-bond donors (Lipinski definition) is 1. The molecule has 1 atom stereocenters. The summed E-state index contributed by atoms with van der Waals surface area (Å²) in [4.78, 5) is 0. The predicted octanol–water partition coefficient (Wildman–Crippen LogP) is 4.36. The van der Waals surface area contributed by atoms with Gasteiger partial charge in [0.05, 0.1) is 13.2 Å². The fourth-order valence-electron chi connectivity index (χ4n) is 1.97. The van der Waals surface area contributed by atoms with Crippen LogP contribution in [0.15, 0.2) is 33.4 Å². The fourth-order valence-corrected chi connectivity index (χ4v) is 3.52. The second-order valence-electron chi connectivity index (χ2n) is 4.06. The van der Waals surface area contributed by atoms with E-state index >= 15 is 0 Å². The Morgan fingerprint density at radius 3 is 2.74 bits per heavy atom. The van der Waals surface area contributed by atoms with Gasteiger partial charge in [0, 0.05) is 9.85 Å². The van der Waals surface area contributed by atoms with Gasteiger partial charge < -0.3 is 10.1 Å². The summed E-state index contributed by atoms with van der Waals surface area (Å²) < 4.78 is 19.8. The zero-order valence-electron chi connectivity index (χ0n) is 10.7. The number of rotatable bonds is 5. The summed E-state index contributed by atoms with van der Waals surface area (Å²) in [6.45, 7) is 2.84. The van der Waals surface area contributed by atoms with Crippen LogP contribution in [-0.4, -0.2) is 13.7 Å². The number of benzene rings is 1. The molecule has 1 N–H and O–H groups in total. The lowest BCUT2D eigenvalue weighted by molar-refractivity contribution is 0.385. The van der Waals surface area contributed by atoms with Crippen LogP contribution in [-0.2, 0) is 0 Å². The van der Waals surface area contributed by atoms with Gasteiger partial charge in [-0.15, -0.1) is 0 Å². The van der Waals surface area contributed by atoms with Gasteiger partial charge in [0.1, 0.15) is 0 Å². The first-order valence-corrected chi connectivity index (χ1v) is 7.69. The Labute approximate surface area is 124 Å². The van der Waals surface area contributed by atoms with E-state index in [2.05, 4.69) is 26.6 Å². The van der Waals surface area contributed by atoms with Crippen molar-refractivity contribution in [2.24, 2.45) is 0 Å². The van der Waals surface area contributed by atoms with Crippen LogP contribution in [0.3, 0.4) is 0 Å². The maximum atomic E-state index is 13.8. The molecule has 0 saturated carbocycles. The number of nitrogens with one attached hydrogen (secondary N) is 1. The van der Waals surface area contributed by atoms with Crippen LogP contribution in [0.1, 0.15) is 24.1 Å². The second-order valence-corrected chi connectivity index (χ2v) is 5.66. The monoisotopic (exact) mass is 343 g/mol. The summed E-state index contributed by atoms with van der Waals surface area (Å²) in [7, 11) is 1.47. The van der Waals surface area contributed by atoms with Gasteiger partial charge in [0.25, 0.3) is 0 Å². The lowest BCUT2D eigenvalue weighted by Crippen LogP contribution is -2.22. The van der Waals surface area contributed by atoms with E-state index in [-0.39, 0.29) is 17.6 Å². The van der Waals surface area contributed by atoms with E-state index in [0.29, 0.717) is 0 Å². The normalized spacial score (nSPS) is 12.4. The Hall–Kier alpha value is -0.910. The number of methoxy groups -OCH3 is 1. The number of halogens is 2. The molecule has 2 aromatic rings. The van der Waals surface area contributed by atoms with Crippen LogP contribution < -0.4 is 10.1 Å². The minimum absolute atomic E-state index is 0.0222. The summed E-state index contributed by atoms with van der Waals surface area (Å²) >= 11 is 5.15. The highest BCUT2D eigenvalue weighted by atomic mass is 79.9. The number of hydrogen-bond acceptors (Lipinski definition) is 3. The third-order valence-electron chi connectivity index (χ3n) is 2.87. The third kappa shape index (κ3) is 3.16. The zero-order valence-corrected chi connectivity index (χ0v) is 13.1. The van der Waals surface area contributed by atoms with E-state index in [1.54, 1.807) is 17.4 Å². The summed E-state index contributed by atoms with van der Waals surface area (Å²) in [6.07, 6.45) is 0. The minimum Gasteiger partial charge on any atom is -0.494 e. The van der Waals surface area contributed by atoms with E-state index in [1.807, 2.05) is 18.4 Å². The Balaban J connectivity index is 2.39. The van der Waals surface area contributed by atoms with Gasteiger partial charge in [-0.2, -0.15) is 11.3 Å². The van der Waals surface area contributed by atoms with Crippen molar-refractivity contribution in [2.45, 2.75) is 13.0 Å². The van der Waals surface area contributed by atoms with Gasteiger partial charge in [-0.1, -0.05) is 13.0 Å². The molecule has 0 saturated heterocycles. The largest absolute Gasteiger partial charge is 0.494 e. The summed E-state index contributed by atoms with van der Waals surface area (Å²) in [5.74, 6) is -0.0716. The molecule has 0 amide bonds. The van der Waals surface area contributed by atoms with Gasteiger partial charge in [-0.05, 0) is 51.1 Å². The molecular formula is C14H15BrFNOS. The first-order valence-electron chi connectivity index (χ1n) is 5.95. The fraction of sp³-hybridized carbons (Fsp3) is 0.286. The first kappa shape index (κ1) is 14.5. The van der Waals surface area contributed by atoms with E-state index < -0.39 is 0 Å². The van der Waals surface area contributed by atoms with Gasteiger partial charge in [-0.3, -0.25) is 0 Å². The van der Waals surface area contributed by atoms with Crippen LogP contribution in [0.25, 0.3) is 0 Å². The average molecular weight is 344 g/mol. The molecule has 0 radical (unpaired) electrons. The van der Waals surface area contributed by atoms with Crippen molar-refractivity contribution in [2.75, 3.05) is 13.7 Å². The molecule has 1 unspecified atom stereocenters. The molecule has 2 rings (SSSR count). The average Bonchev–Trinajstić information content (AvgIpc) is 2.82. The first-order chi connectivity index (χ1) is 9.17. The standard InChI is InChI=1S/C14H15BrFNOS/c1-3-17-14(10-7-19-8-11(10)15)9-4-5-13(18-2)12(16)6-9/h4-8,14,17H,3H2,1-2H3. The van der Waals surface area contributed by atoms with Crippen LogP contribution in [0, 0.1) is 5.82 Å². The maximum absolute atomic E-state index is 13.8. The van der Waals surface area contributed by atoms with Gasteiger partial charge in [0.2, 0.25) is 0 Å². The van der Waals surface area contributed by atoms with Crippen LogP contribution in [0.5, 0.6) is 5.75 Å². The molecule has 0 fully saturated rings. The highest BCUT2D eigenvalue weighted by Crippen LogP contribution is 2.33. The van der Waals surface area contributed by atoms with Crippen molar-refractivity contribution in [3.8, 4) is 5.75 Å². The van der Waals surface area contributed by atoms with Crippen molar-refractivity contribution in [3.05, 3.63) is 50.4 Å². The van der Waals surface area contributed by atoms with Gasteiger partial charge in [-0.25, -0.2) is 4.39 Å². The molecule has 1 heterocycles. The Morgan fingerprint density at radius 2 is 2.21 bits per heavy atom. The molecule has 0 aliphatic rings. The quantitative estimate of drug-likeness (QED) is 0.870. The van der Waals surface area contributed by atoms with Crippen molar-refractivity contribution in [1.82, 2.24) is 5.32 Å². The molecule has 1 aromatic heterocycles. The van der Waals surface area contributed by atoms with E-state index in [1.165, 1.54) is 13.2 Å². The molecule has 0 aliphatic heterocycles. The van der Waals surface area contributed by atoms with Crippen molar-refractivity contribution >= 4 is 27.3 Å². The van der Waals surface area contributed by atoms with Crippen LogP contribution >= 0.6 is 27.3 Å². The summed E-state index contributed by atoms with van der Waals surface area (Å²) in [5.41, 5.74) is 2.01. The Kier molecular flexibility index (Phi) is 4.96. The lowest BCUT2D eigenvalue weighted by atomic mass is 10.0. The molecule has 0 aliphatic carbocycles. The topological polar surface area (TPSA) is 21.3 Å². The van der Waals surface area contributed by atoms with Gasteiger partial charge >= 0.3 is 0 Å². The smallest absolute Gasteiger partial charge is 0.165 e. The predicted molar refractivity (Wildman–Crippen MR) is 80.5 cm³/mol. The summed E-state index contributed by atoms with van der Waals surface area (Å²) in [6, 6.07) is 5.05. The molecule has 19 heavy (non-hydrogen) atoms. The zero-order chi connectivity index (χ0) is 13.8.